The number of nitrogens with zero attached hydrogens (tertiary/aromatic N) is 2. The molecule has 3 rings (SSSR count). The quantitative estimate of drug-likeness (QED) is 0.560. The molecule has 0 aliphatic heterocycles. The summed E-state index contributed by atoms with van der Waals surface area (Å²) in [4.78, 5) is 4.23. The highest BCUT2D eigenvalue weighted by Gasteiger charge is 2.04. The van der Waals surface area contributed by atoms with E-state index in [1.807, 2.05) is 48.7 Å². The van der Waals surface area contributed by atoms with E-state index < -0.39 is 0 Å². The maximum absolute atomic E-state index is 14.2. The number of nitrogens with one attached hydrogen (secondary N) is 1. The number of benzene rings is 2. The smallest absolute Gasteiger partial charge is 0.203 e. The van der Waals surface area contributed by atoms with Gasteiger partial charge in [0.25, 0.3) is 0 Å². The lowest BCUT2D eigenvalue weighted by atomic mass is 10.0. The Balaban J connectivity index is 1.74. The maximum atomic E-state index is 14.2. The summed E-state index contributed by atoms with van der Waals surface area (Å²) in [5.74, 6) is -0.264. The van der Waals surface area contributed by atoms with Crippen molar-refractivity contribution in [2.75, 3.05) is 5.43 Å². The lowest BCUT2D eigenvalue weighted by Gasteiger charge is -2.04. The molecular formula is C17H14FN3S. The molecule has 0 atom stereocenters. The predicted molar refractivity (Wildman–Crippen MR) is 89.9 cm³/mol. The lowest BCUT2D eigenvalue weighted by Crippen LogP contribution is -1.92. The second kappa shape index (κ2) is 6.49. The first-order valence-electron chi connectivity index (χ1n) is 6.78. The van der Waals surface area contributed by atoms with Gasteiger partial charge in [0.05, 0.1) is 11.9 Å². The van der Waals surface area contributed by atoms with Crippen LogP contribution in [0.1, 0.15) is 11.3 Å². The van der Waals surface area contributed by atoms with Crippen molar-refractivity contribution in [2.24, 2.45) is 5.10 Å². The zero-order chi connectivity index (χ0) is 15.4. The maximum Gasteiger partial charge on any atom is 0.203 e. The largest absolute Gasteiger partial charge is 0.253 e. The fourth-order valence-corrected chi connectivity index (χ4v) is 2.67. The van der Waals surface area contributed by atoms with Gasteiger partial charge in [-0.2, -0.15) is 5.10 Å². The average Bonchev–Trinajstić information content (AvgIpc) is 2.94. The van der Waals surface area contributed by atoms with Crippen LogP contribution in [0.25, 0.3) is 11.1 Å². The van der Waals surface area contributed by atoms with E-state index in [2.05, 4.69) is 15.5 Å². The van der Waals surface area contributed by atoms with E-state index in [9.17, 15) is 4.39 Å². The van der Waals surface area contributed by atoms with Crippen LogP contribution < -0.4 is 5.43 Å². The third-order valence-electron chi connectivity index (χ3n) is 3.07. The van der Waals surface area contributed by atoms with E-state index in [1.165, 1.54) is 17.4 Å². The number of hydrazone groups is 1. The molecule has 0 bridgehead atoms. The molecule has 5 heteroatoms. The summed E-state index contributed by atoms with van der Waals surface area (Å²) in [6, 6.07) is 14.5. The first-order valence-corrected chi connectivity index (χ1v) is 7.66. The molecule has 0 spiro atoms. The molecule has 1 heterocycles. The Bertz CT molecular complexity index is 797. The first kappa shape index (κ1) is 14.4. The van der Waals surface area contributed by atoms with Gasteiger partial charge in [0.1, 0.15) is 5.82 Å². The number of hydrogen-bond donors (Lipinski definition) is 1. The zero-order valence-electron chi connectivity index (χ0n) is 12.0. The van der Waals surface area contributed by atoms with Crippen LogP contribution in [-0.2, 0) is 0 Å². The Morgan fingerprint density at radius 1 is 1.18 bits per heavy atom. The topological polar surface area (TPSA) is 37.3 Å². The number of aromatic nitrogens is 1. The standard InChI is InChI=1S/C17H14FN3S/c1-12-11-22-17(20-12)21-19-10-13-7-8-15(16(18)9-13)14-5-3-2-4-6-14/h2-11H,1H3,(H,20,21). The summed E-state index contributed by atoms with van der Waals surface area (Å²) in [5, 5.41) is 6.73. The molecule has 3 aromatic rings. The minimum absolute atomic E-state index is 0.264. The highest BCUT2D eigenvalue weighted by molar-refractivity contribution is 7.13. The summed E-state index contributed by atoms with van der Waals surface area (Å²) >= 11 is 1.48. The first-order chi connectivity index (χ1) is 10.7. The van der Waals surface area contributed by atoms with Gasteiger partial charge in [-0.25, -0.2) is 9.37 Å². The van der Waals surface area contributed by atoms with Gasteiger partial charge in [-0.05, 0) is 24.1 Å². The summed E-state index contributed by atoms with van der Waals surface area (Å²) < 4.78 is 14.2. The molecule has 0 fully saturated rings. The second-order valence-corrected chi connectivity index (χ2v) is 5.63. The van der Waals surface area contributed by atoms with Gasteiger partial charge in [-0.1, -0.05) is 42.5 Å². The zero-order valence-corrected chi connectivity index (χ0v) is 12.8. The number of aryl methyl sites for hydroxylation is 1. The molecule has 0 radical (unpaired) electrons. The van der Waals surface area contributed by atoms with Crippen molar-refractivity contribution in [3.63, 3.8) is 0 Å². The van der Waals surface area contributed by atoms with Crippen molar-refractivity contribution in [1.29, 1.82) is 0 Å². The van der Waals surface area contributed by atoms with Crippen molar-refractivity contribution >= 4 is 22.7 Å². The summed E-state index contributed by atoms with van der Waals surface area (Å²) in [6.07, 6.45) is 1.58. The van der Waals surface area contributed by atoms with Crippen molar-refractivity contribution in [3.8, 4) is 11.1 Å². The SMILES string of the molecule is Cc1csc(NN=Cc2ccc(-c3ccccc3)c(F)c2)n1. The number of anilines is 1. The van der Waals surface area contributed by atoms with Crippen molar-refractivity contribution in [2.45, 2.75) is 6.92 Å². The summed E-state index contributed by atoms with van der Waals surface area (Å²) in [7, 11) is 0. The highest BCUT2D eigenvalue weighted by atomic mass is 32.1. The minimum atomic E-state index is -0.264. The Labute approximate surface area is 132 Å². The Morgan fingerprint density at radius 2 is 2.00 bits per heavy atom. The minimum Gasteiger partial charge on any atom is -0.253 e. The van der Waals surface area contributed by atoms with Crippen molar-refractivity contribution < 1.29 is 4.39 Å². The molecule has 1 aromatic heterocycles. The van der Waals surface area contributed by atoms with Gasteiger partial charge in [0, 0.05) is 10.9 Å². The Kier molecular flexibility index (Phi) is 4.25. The Morgan fingerprint density at radius 3 is 2.68 bits per heavy atom. The fraction of sp³-hybridized carbons (Fsp3) is 0.0588. The van der Waals surface area contributed by atoms with Crippen LogP contribution in [0.2, 0.25) is 0 Å². The van der Waals surface area contributed by atoms with Crippen LogP contribution in [0.3, 0.4) is 0 Å². The van der Waals surface area contributed by atoms with Gasteiger partial charge >= 0.3 is 0 Å². The van der Waals surface area contributed by atoms with Crippen LogP contribution >= 0.6 is 11.3 Å². The average molecular weight is 311 g/mol. The molecule has 3 nitrogen and oxygen atoms in total. The summed E-state index contributed by atoms with van der Waals surface area (Å²) in [5.41, 5.74) is 5.92. The number of rotatable bonds is 4. The normalized spacial score (nSPS) is 11.0. The fourth-order valence-electron chi connectivity index (χ4n) is 2.03. The van der Waals surface area contributed by atoms with E-state index in [0.29, 0.717) is 11.1 Å². The number of thiazole rings is 1. The molecule has 0 aliphatic carbocycles. The molecule has 0 saturated carbocycles. The molecular weight excluding hydrogens is 297 g/mol. The highest BCUT2D eigenvalue weighted by Crippen LogP contribution is 2.23. The van der Waals surface area contributed by atoms with Crippen LogP contribution in [0, 0.1) is 12.7 Å². The van der Waals surface area contributed by atoms with Gasteiger partial charge < -0.3 is 0 Å². The second-order valence-electron chi connectivity index (χ2n) is 4.77. The predicted octanol–water partition coefficient (Wildman–Crippen LogP) is 4.70. The molecule has 0 amide bonds. The monoisotopic (exact) mass is 311 g/mol. The molecule has 0 aliphatic rings. The summed E-state index contributed by atoms with van der Waals surface area (Å²) in [6.45, 7) is 1.92. The van der Waals surface area contributed by atoms with Gasteiger partial charge in [-0.3, -0.25) is 5.43 Å². The molecule has 0 saturated heterocycles. The van der Waals surface area contributed by atoms with Gasteiger partial charge in [-0.15, -0.1) is 11.3 Å². The van der Waals surface area contributed by atoms with E-state index in [4.69, 9.17) is 0 Å². The molecule has 2 aromatic carbocycles. The van der Waals surface area contributed by atoms with E-state index >= 15 is 0 Å². The van der Waals surface area contributed by atoms with Crippen molar-refractivity contribution in [3.05, 3.63) is 71.0 Å². The molecule has 1 N–H and O–H groups in total. The van der Waals surface area contributed by atoms with Crippen LogP contribution in [-0.4, -0.2) is 11.2 Å². The number of hydrogen-bond acceptors (Lipinski definition) is 4. The van der Waals surface area contributed by atoms with Crippen LogP contribution in [0.5, 0.6) is 0 Å². The van der Waals surface area contributed by atoms with Gasteiger partial charge in [0.15, 0.2) is 0 Å². The van der Waals surface area contributed by atoms with Crippen LogP contribution in [0.4, 0.5) is 9.52 Å². The van der Waals surface area contributed by atoms with E-state index in [0.717, 1.165) is 16.4 Å². The molecule has 22 heavy (non-hydrogen) atoms. The third-order valence-corrected chi connectivity index (χ3v) is 3.94. The molecule has 0 unspecified atom stereocenters. The van der Waals surface area contributed by atoms with E-state index in [-0.39, 0.29) is 5.82 Å². The van der Waals surface area contributed by atoms with E-state index in [1.54, 1.807) is 12.3 Å². The lowest BCUT2D eigenvalue weighted by molar-refractivity contribution is 0.631. The van der Waals surface area contributed by atoms with Crippen LogP contribution in [0.15, 0.2) is 59.0 Å². The van der Waals surface area contributed by atoms with Gasteiger partial charge in [0.2, 0.25) is 5.13 Å². The Hall–Kier alpha value is -2.53. The molecule has 110 valence electrons. The van der Waals surface area contributed by atoms with Crippen molar-refractivity contribution in [1.82, 2.24) is 4.98 Å². The number of halogens is 1. The third kappa shape index (κ3) is 3.38.